The zero-order chi connectivity index (χ0) is 26.7. The molecule has 11 heteroatoms. The largest absolute Gasteiger partial charge is 0.495 e. The molecule has 3 aromatic rings. The monoisotopic (exact) mass is 505 g/mol. The van der Waals surface area contributed by atoms with Crippen LogP contribution in [0.2, 0.25) is 0 Å². The third kappa shape index (κ3) is 8.82. The second kappa shape index (κ2) is 13.0. The predicted octanol–water partition coefficient (Wildman–Crippen LogP) is 4.37. The molecule has 0 saturated carbocycles. The Morgan fingerprint density at radius 3 is 2.39 bits per heavy atom. The fraction of sp³-hybridized carbons (Fsp3) is 0.240. The van der Waals surface area contributed by atoms with Gasteiger partial charge < -0.3 is 24.0 Å². The minimum Gasteiger partial charge on any atom is -0.495 e. The molecule has 0 unspecified atom stereocenters. The van der Waals surface area contributed by atoms with E-state index in [0.29, 0.717) is 18.9 Å². The van der Waals surface area contributed by atoms with Crippen LogP contribution in [0.1, 0.15) is 11.3 Å². The number of amides is 1. The lowest BCUT2D eigenvalue weighted by atomic mass is 10.1. The van der Waals surface area contributed by atoms with Gasteiger partial charge in [0.25, 0.3) is 0 Å². The third-order valence-electron chi connectivity index (χ3n) is 4.67. The fourth-order valence-corrected chi connectivity index (χ4v) is 2.79. The highest BCUT2D eigenvalue weighted by Crippen LogP contribution is 2.25. The van der Waals surface area contributed by atoms with E-state index < -0.39 is 12.1 Å². The van der Waals surface area contributed by atoms with Crippen LogP contribution in [-0.2, 0) is 9.59 Å². The molecule has 192 valence electrons. The van der Waals surface area contributed by atoms with Crippen molar-refractivity contribution in [1.82, 2.24) is 14.5 Å². The maximum Gasteiger partial charge on any atom is 0.490 e. The van der Waals surface area contributed by atoms with Crippen molar-refractivity contribution in [1.29, 1.82) is 0 Å². The molecule has 0 radical (unpaired) electrons. The molecule has 1 amide bonds. The summed E-state index contributed by atoms with van der Waals surface area (Å²) in [5.74, 6) is -1.34. The average Bonchev–Trinajstić information content (AvgIpc) is 3.28. The number of methoxy groups -OCH3 is 1. The van der Waals surface area contributed by atoms with Gasteiger partial charge in [-0.05, 0) is 42.8 Å². The van der Waals surface area contributed by atoms with Crippen molar-refractivity contribution in [2.75, 3.05) is 27.3 Å². The zero-order valence-electron chi connectivity index (χ0n) is 19.9. The molecule has 0 aliphatic rings. The van der Waals surface area contributed by atoms with Crippen LogP contribution in [0.25, 0.3) is 11.8 Å². The molecule has 0 atom stereocenters. The fourth-order valence-electron chi connectivity index (χ4n) is 2.79. The number of ether oxygens (including phenoxy) is 2. The Bertz CT molecular complexity index is 1180. The molecule has 0 aliphatic heterocycles. The van der Waals surface area contributed by atoms with Gasteiger partial charge in [-0.3, -0.25) is 4.79 Å². The number of aryl methyl sites for hydroxylation is 1. The number of alkyl halides is 3. The lowest BCUT2D eigenvalue weighted by Gasteiger charge is -2.15. The summed E-state index contributed by atoms with van der Waals surface area (Å²) in [6.07, 6.45) is 1.93. The molecule has 1 heterocycles. The van der Waals surface area contributed by atoms with Crippen LogP contribution in [0.15, 0.2) is 67.1 Å². The number of rotatable bonds is 8. The normalized spacial score (nSPS) is 10.9. The van der Waals surface area contributed by atoms with Gasteiger partial charge in [-0.25, -0.2) is 9.78 Å². The summed E-state index contributed by atoms with van der Waals surface area (Å²) in [6.45, 7) is 2.88. The van der Waals surface area contributed by atoms with Crippen molar-refractivity contribution in [2.24, 2.45) is 0 Å². The number of carboxylic acids is 1. The number of carbonyl (C=O) groups excluding carboxylic acids is 1. The number of imidazole rings is 1. The minimum absolute atomic E-state index is 0.0880. The lowest BCUT2D eigenvalue weighted by Crippen LogP contribution is -2.29. The van der Waals surface area contributed by atoms with E-state index in [-0.39, 0.29) is 5.91 Å². The number of hydrogen-bond donors (Lipinski definition) is 1. The molecule has 3 rings (SSSR count). The highest BCUT2D eigenvalue weighted by atomic mass is 19.4. The number of aliphatic carboxylic acids is 1. The number of likely N-dealkylation sites (N-methyl/N-ethyl adjacent to an activating group) is 1. The highest BCUT2D eigenvalue weighted by molar-refractivity contribution is 5.91. The van der Waals surface area contributed by atoms with Gasteiger partial charge in [0.05, 0.1) is 31.4 Å². The van der Waals surface area contributed by atoms with Crippen LogP contribution in [0.3, 0.4) is 0 Å². The summed E-state index contributed by atoms with van der Waals surface area (Å²) in [5, 5.41) is 7.12. The molecule has 0 spiro atoms. The molecular formula is C25H26F3N3O5. The zero-order valence-corrected chi connectivity index (χ0v) is 19.9. The van der Waals surface area contributed by atoms with Crippen molar-refractivity contribution in [3.8, 4) is 17.2 Å². The van der Waals surface area contributed by atoms with Crippen molar-refractivity contribution in [2.45, 2.75) is 13.1 Å². The SMILES string of the molecule is COc1cc(C=CC(=O)N(C)CCOc2ccccc2)ccc1-n1cnc(C)c1.O=C(O)C(F)(F)F. The van der Waals surface area contributed by atoms with E-state index in [2.05, 4.69) is 4.98 Å². The summed E-state index contributed by atoms with van der Waals surface area (Å²) in [7, 11) is 3.38. The number of benzene rings is 2. The molecule has 0 aliphatic carbocycles. The maximum absolute atomic E-state index is 12.3. The number of carbonyl (C=O) groups is 2. The molecule has 1 aromatic heterocycles. The first-order valence-electron chi connectivity index (χ1n) is 10.6. The molecule has 1 N–H and O–H groups in total. The highest BCUT2D eigenvalue weighted by Gasteiger charge is 2.38. The van der Waals surface area contributed by atoms with Crippen LogP contribution >= 0.6 is 0 Å². The van der Waals surface area contributed by atoms with E-state index in [1.54, 1.807) is 37.5 Å². The Balaban J connectivity index is 0.000000572. The van der Waals surface area contributed by atoms with Crippen molar-refractivity contribution >= 4 is 18.0 Å². The van der Waals surface area contributed by atoms with Crippen LogP contribution < -0.4 is 9.47 Å². The predicted molar refractivity (Wildman–Crippen MR) is 127 cm³/mol. The van der Waals surface area contributed by atoms with Crippen LogP contribution in [0.4, 0.5) is 13.2 Å². The quantitative estimate of drug-likeness (QED) is 0.457. The first kappa shape index (κ1) is 28.0. The Morgan fingerprint density at radius 1 is 1.17 bits per heavy atom. The molecule has 0 saturated heterocycles. The number of aromatic nitrogens is 2. The number of carboxylic acid groups (broad SMARTS) is 1. The minimum atomic E-state index is -5.08. The summed E-state index contributed by atoms with van der Waals surface area (Å²) in [6, 6.07) is 15.3. The van der Waals surface area contributed by atoms with Gasteiger partial charge in [0.15, 0.2) is 0 Å². The molecule has 2 aromatic carbocycles. The van der Waals surface area contributed by atoms with E-state index in [9.17, 15) is 18.0 Å². The molecule has 36 heavy (non-hydrogen) atoms. The molecule has 0 bridgehead atoms. The molecule has 0 fully saturated rings. The van der Waals surface area contributed by atoms with E-state index in [1.807, 2.05) is 66.2 Å². The second-order valence-electron chi connectivity index (χ2n) is 7.41. The standard InChI is InChI=1S/C23H25N3O3.C2HF3O2/c1-18-16-26(17-24-18)21-11-9-19(15-22(21)28-3)10-12-23(27)25(2)13-14-29-20-7-5-4-6-8-20;3-2(4,5)1(6)7/h4-12,15-17H,13-14H2,1-3H3;(H,6,7). The topological polar surface area (TPSA) is 93.9 Å². The van der Waals surface area contributed by atoms with Gasteiger partial charge in [0.1, 0.15) is 18.1 Å². The smallest absolute Gasteiger partial charge is 0.490 e. The second-order valence-corrected chi connectivity index (χ2v) is 7.41. The number of para-hydroxylation sites is 1. The van der Waals surface area contributed by atoms with Crippen LogP contribution in [-0.4, -0.2) is 64.9 Å². The summed E-state index contributed by atoms with van der Waals surface area (Å²) in [5.41, 5.74) is 2.71. The van der Waals surface area contributed by atoms with Crippen molar-refractivity contribution in [3.63, 3.8) is 0 Å². The van der Waals surface area contributed by atoms with Crippen LogP contribution in [0, 0.1) is 6.92 Å². The van der Waals surface area contributed by atoms with Crippen LogP contribution in [0.5, 0.6) is 11.5 Å². The van der Waals surface area contributed by atoms with Gasteiger partial charge in [-0.2, -0.15) is 13.2 Å². The Morgan fingerprint density at radius 2 is 1.83 bits per heavy atom. The van der Waals surface area contributed by atoms with E-state index in [4.69, 9.17) is 19.4 Å². The summed E-state index contributed by atoms with van der Waals surface area (Å²) < 4.78 is 44.8. The summed E-state index contributed by atoms with van der Waals surface area (Å²) >= 11 is 0. The van der Waals surface area contributed by atoms with Gasteiger partial charge in [0, 0.05) is 19.3 Å². The Hall–Kier alpha value is -4.28. The van der Waals surface area contributed by atoms with E-state index >= 15 is 0 Å². The van der Waals surface area contributed by atoms with Crippen molar-refractivity contribution < 1.29 is 37.3 Å². The van der Waals surface area contributed by atoms with Crippen molar-refractivity contribution in [3.05, 3.63) is 78.4 Å². The van der Waals surface area contributed by atoms with Gasteiger partial charge in [-0.1, -0.05) is 24.3 Å². The first-order valence-corrected chi connectivity index (χ1v) is 10.6. The first-order chi connectivity index (χ1) is 17.0. The summed E-state index contributed by atoms with van der Waals surface area (Å²) in [4.78, 5) is 27.1. The van der Waals surface area contributed by atoms with Gasteiger partial charge in [0.2, 0.25) is 5.91 Å². The third-order valence-corrected chi connectivity index (χ3v) is 4.67. The number of nitrogens with zero attached hydrogens (tertiary/aromatic N) is 3. The Kier molecular flexibility index (Phi) is 10.1. The number of hydrogen-bond acceptors (Lipinski definition) is 5. The molecule has 8 nitrogen and oxygen atoms in total. The Labute approximate surface area is 206 Å². The number of halogens is 3. The average molecular weight is 505 g/mol. The van der Waals surface area contributed by atoms with E-state index in [1.165, 1.54) is 0 Å². The van der Waals surface area contributed by atoms with E-state index in [0.717, 1.165) is 22.7 Å². The maximum atomic E-state index is 12.3. The van der Waals surface area contributed by atoms with Gasteiger partial charge >= 0.3 is 12.1 Å². The van der Waals surface area contributed by atoms with Gasteiger partial charge in [-0.15, -0.1) is 0 Å². The molecular weight excluding hydrogens is 479 g/mol. The lowest BCUT2D eigenvalue weighted by molar-refractivity contribution is -0.192.